The number of nitrogens with one attached hydrogen (secondary N) is 1. The van der Waals surface area contributed by atoms with Crippen molar-refractivity contribution in [2.75, 3.05) is 6.54 Å². The quantitative estimate of drug-likeness (QED) is 0.701. The first-order chi connectivity index (χ1) is 7.22. The molecule has 1 heterocycles. The lowest BCUT2D eigenvalue weighted by atomic mass is 10.0. The van der Waals surface area contributed by atoms with Gasteiger partial charge in [-0.3, -0.25) is 0 Å². The van der Waals surface area contributed by atoms with Crippen LogP contribution in [0.2, 0.25) is 0 Å². The Morgan fingerprint density at radius 1 is 1.53 bits per heavy atom. The number of nitrogens with zero attached hydrogens (tertiary/aromatic N) is 2. The van der Waals surface area contributed by atoms with Gasteiger partial charge in [-0.15, -0.1) is 0 Å². The van der Waals surface area contributed by atoms with Gasteiger partial charge >= 0.3 is 6.03 Å². The van der Waals surface area contributed by atoms with Gasteiger partial charge in [-0.2, -0.15) is 5.26 Å². The number of benzene rings is 1. The molecule has 0 aliphatic carbocycles. The molecular formula is C11H11N3O. The smallest absolute Gasteiger partial charge is 0.328 e. The monoisotopic (exact) mass is 201 g/mol. The van der Waals surface area contributed by atoms with Gasteiger partial charge in [0.05, 0.1) is 12.6 Å². The molecule has 2 amide bonds. The molecule has 1 N–H and O–H groups in total. The second-order valence-electron chi connectivity index (χ2n) is 3.57. The fourth-order valence-electron chi connectivity index (χ4n) is 1.78. The Labute approximate surface area is 88.1 Å². The van der Waals surface area contributed by atoms with E-state index in [2.05, 4.69) is 5.32 Å². The van der Waals surface area contributed by atoms with E-state index in [4.69, 9.17) is 5.26 Å². The molecule has 1 saturated heterocycles. The first kappa shape index (κ1) is 9.53. The van der Waals surface area contributed by atoms with Crippen LogP contribution in [0, 0.1) is 18.4 Å². The summed E-state index contributed by atoms with van der Waals surface area (Å²) >= 11 is 0. The van der Waals surface area contributed by atoms with Crippen molar-refractivity contribution in [3.8, 4) is 6.19 Å². The van der Waals surface area contributed by atoms with Crippen molar-refractivity contribution in [1.29, 1.82) is 5.26 Å². The number of carbonyl (C=O) groups excluding carboxylic acids is 1. The number of nitriles is 1. The molecule has 1 unspecified atom stereocenters. The molecule has 1 aliphatic heterocycles. The highest BCUT2D eigenvalue weighted by molar-refractivity contribution is 5.78. The van der Waals surface area contributed by atoms with Gasteiger partial charge in [-0.1, -0.05) is 24.3 Å². The van der Waals surface area contributed by atoms with Gasteiger partial charge in [-0.05, 0) is 18.1 Å². The minimum Gasteiger partial charge on any atom is -0.328 e. The molecule has 0 bridgehead atoms. The zero-order chi connectivity index (χ0) is 10.8. The Morgan fingerprint density at radius 3 is 2.87 bits per heavy atom. The maximum Gasteiger partial charge on any atom is 0.331 e. The summed E-state index contributed by atoms with van der Waals surface area (Å²) < 4.78 is 0. The van der Waals surface area contributed by atoms with Gasteiger partial charge in [0, 0.05) is 0 Å². The summed E-state index contributed by atoms with van der Waals surface area (Å²) in [6, 6.07) is 7.47. The van der Waals surface area contributed by atoms with Crippen LogP contribution in [0.25, 0.3) is 0 Å². The summed E-state index contributed by atoms with van der Waals surface area (Å²) in [5.41, 5.74) is 2.20. The number of rotatable bonds is 1. The lowest BCUT2D eigenvalue weighted by molar-refractivity contribution is 0.232. The Bertz CT molecular complexity index is 436. The van der Waals surface area contributed by atoms with Crippen molar-refractivity contribution in [2.24, 2.45) is 0 Å². The summed E-state index contributed by atoms with van der Waals surface area (Å²) in [4.78, 5) is 12.4. The van der Waals surface area contributed by atoms with E-state index in [1.54, 1.807) is 0 Å². The van der Waals surface area contributed by atoms with Crippen LogP contribution in [0.15, 0.2) is 24.3 Å². The van der Waals surface area contributed by atoms with Gasteiger partial charge in [0.2, 0.25) is 0 Å². The van der Waals surface area contributed by atoms with E-state index in [1.807, 2.05) is 37.4 Å². The molecule has 0 radical (unpaired) electrons. The van der Waals surface area contributed by atoms with Crippen molar-refractivity contribution < 1.29 is 4.79 Å². The fourth-order valence-corrected chi connectivity index (χ4v) is 1.78. The lowest BCUT2D eigenvalue weighted by Gasteiger charge is -2.11. The number of urea groups is 1. The Morgan fingerprint density at radius 2 is 2.27 bits per heavy atom. The molecule has 1 atom stereocenters. The van der Waals surface area contributed by atoms with E-state index < -0.39 is 0 Å². The van der Waals surface area contributed by atoms with Crippen LogP contribution in [-0.2, 0) is 0 Å². The highest BCUT2D eigenvalue weighted by Gasteiger charge is 2.30. The molecule has 0 spiro atoms. The van der Waals surface area contributed by atoms with Crippen LogP contribution in [0.5, 0.6) is 0 Å². The molecule has 0 saturated carbocycles. The van der Waals surface area contributed by atoms with E-state index in [9.17, 15) is 4.79 Å². The number of hydrogen-bond acceptors (Lipinski definition) is 2. The average molecular weight is 201 g/mol. The summed E-state index contributed by atoms with van der Waals surface area (Å²) in [7, 11) is 0. The van der Waals surface area contributed by atoms with Crippen LogP contribution >= 0.6 is 0 Å². The molecule has 4 nitrogen and oxygen atoms in total. The third kappa shape index (κ3) is 1.64. The third-order valence-corrected chi connectivity index (χ3v) is 2.59. The second kappa shape index (κ2) is 3.62. The lowest BCUT2D eigenvalue weighted by Crippen LogP contribution is -2.23. The molecule has 76 valence electrons. The first-order valence-corrected chi connectivity index (χ1v) is 4.75. The number of aryl methyl sites for hydroxylation is 1. The highest BCUT2D eigenvalue weighted by atomic mass is 16.2. The predicted molar refractivity (Wildman–Crippen MR) is 54.8 cm³/mol. The average Bonchev–Trinajstić information content (AvgIpc) is 2.60. The molecular weight excluding hydrogens is 190 g/mol. The van der Waals surface area contributed by atoms with Gasteiger partial charge in [0.15, 0.2) is 6.19 Å². The SMILES string of the molecule is Cc1ccccc1C1CN(C#N)C(=O)N1. The third-order valence-electron chi connectivity index (χ3n) is 2.59. The molecule has 0 aromatic heterocycles. The largest absolute Gasteiger partial charge is 0.331 e. The van der Waals surface area contributed by atoms with Crippen LogP contribution in [0.1, 0.15) is 17.2 Å². The van der Waals surface area contributed by atoms with Crippen LogP contribution in [0.4, 0.5) is 4.79 Å². The van der Waals surface area contributed by atoms with E-state index >= 15 is 0 Å². The van der Waals surface area contributed by atoms with Gasteiger partial charge in [0.1, 0.15) is 0 Å². The zero-order valence-corrected chi connectivity index (χ0v) is 8.40. The molecule has 4 heteroatoms. The van der Waals surface area contributed by atoms with Gasteiger partial charge in [-0.25, -0.2) is 9.69 Å². The zero-order valence-electron chi connectivity index (χ0n) is 8.40. The summed E-state index contributed by atoms with van der Waals surface area (Å²) in [6.45, 7) is 2.41. The van der Waals surface area contributed by atoms with Crippen molar-refractivity contribution in [2.45, 2.75) is 13.0 Å². The maximum absolute atomic E-state index is 11.3. The summed E-state index contributed by atoms with van der Waals surface area (Å²) in [5.74, 6) is 0. The molecule has 15 heavy (non-hydrogen) atoms. The van der Waals surface area contributed by atoms with Crippen molar-refractivity contribution in [1.82, 2.24) is 10.2 Å². The fraction of sp³-hybridized carbons (Fsp3) is 0.273. The Hall–Kier alpha value is -2.02. The van der Waals surface area contributed by atoms with Crippen molar-refractivity contribution in [3.05, 3.63) is 35.4 Å². The maximum atomic E-state index is 11.3. The molecule has 1 aromatic carbocycles. The highest BCUT2D eigenvalue weighted by Crippen LogP contribution is 2.22. The van der Waals surface area contributed by atoms with Gasteiger partial charge in [0.25, 0.3) is 0 Å². The topological polar surface area (TPSA) is 56.1 Å². The Balaban J connectivity index is 2.25. The Kier molecular flexibility index (Phi) is 2.30. The second-order valence-corrected chi connectivity index (χ2v) is 3.57. The normalized spacial score (nSPS) is 19.9. The molecule has 1 aliphatic rings. The predicted octanol–water partition coefficient (Wildman–Crippen LogP) is 1.54. The summed E-state index contributed by atoms with van der Waals surface area (Å²) in [6.07, 6.45) is 1.85. The van der Waals surface area contributed by atoms with Crippen molar-refractivity contribution in [3.63, 3.8) is 0 Å². The molecule has 1 aromatic rings. The van der Waals surface area contributed by atoms with Gasteiger partial charge < -0.3 is 5.32 Å². The summed E-state index contributed by atoms with van der Waals surface area (Å²) in [5, 5.41) is 11.5. The molecule has 1 fully saturated rings. The first-order valence-electron chi connectivity index (χ1n) is 4.75. The molecule has 2 rings (SSSR count). The number of hydrogen-bond donors (Lipinski definition) is 1. The van der Waals surface area contributed by atoms with Crippen LogP contribution in [-0.4, -0.2) is 17.5 Å². The minimum atomic E-state index is -0.314. The standard InChI is InChI=1S/C11H11N3O/c1-8-4-2-3-5-9(8)10-6-14(7-12)11(15)13-10/h2-5,10H,6H2,1H3,(H,13,15). The van der Waals surface area contributed by atoms with E-state index in [0.29, 0.717) is 6.54 Å². The number of amides is 2. The van der Waals surface area contributed by atoms with Crippen molar-refractivity contribution >= 4 is 6.03 Å². The van der Waals surface area contributed by atoms with E-state index in [-0.39, 0.29) is 12.1 Å². The van der Waals surface area contributed by atoms with E-state index in [0.717, 1.165) is 16.0 Å². The van der Waals surface area contributed by atoms with Crippen LogP contribution in [0.3, 0.4) is 0 Å². The minimum absolute atomic E-state index is 0.0710. The number of carbonyl (C=O) groups is 1. The van der Waals surface area contributed by atoms with E-state index in [1.165, 1.54) is 0 Å². The van der Waals surface area contributed by atoms with Crippen LogP contribution < -0.4 is 5.32 Å².